The van der Waals surface area contributed by atoms with Crippen molar-refractivity contribution in [1.82, 2.24) is 9.80 Å². The van der Waals surface area contributed by atoms with E-state index in [0.29, 0.717) is 35.4 Å². The van der Waals surface area contributed by atoms with Gasteiger partial charge in [0, 0.05) is 25.6 Å². The summed E-state index contributed by atoms with van der Waals surface area (Å²) in [6.45, 7) is 4.87. The van der Waals surface area contributed by atoms with Gasteiger partial charge in [0.15, 0.2) is 5.75 Å². The number of aliphatic hydroxyl groups excluding tert-OH is 1. The molecule has 3 aromatic carbocycles. The van der Waals surface area contributed by atoms with Gasteiger partial charge in [0.05, 0.1) is 46.0 Å². The molecule has 1 amide bonds. The number of carbonyl (C=O) groups is 1. The van der Waals surface area contributed by atoms with E-state index in [4.69, 9.17) is 32.7 Å². The average molecular weight is 637 g/mol. The molecular formula is C30H35Cl2N3O6S. The quantitative estimate of drug-likeness (QED) is 0.317. The summed E-state index contributed by atoms with van der Waals surface area (Å²) in [5, 5.41) is 10.9. The van der Waals surface area contributed by atoms with E-state index in [1.54, 1.807) is 48.2 Å². The van der Waals surface area contributed by atoms with Crippen molar-refractivity contribution in [2.75, 3.05) is 38.6 Å². The highest BCUT2D eigenvalue weighted by molar-refractivity contribution is 7.92. The zero-order chi connectivity index (χ0) is 30.6. The Balaban J connectivity index is 1.69. The smallest absolute Gasteiger partial charge is 0.262 e. The van der Waals surface area contributed by atoms with Crippen molar-refractivity contribution in [3.05, 3.63) is 81.8 Å². The second kappa shape index (κ2) is 13.5. The fourth-order valence-electron chi connectivity index (χ4n) is 4.82. The van der Waals surface area contributed by atoms with Crippen LogP contribution < -0.4 is 14.2 Å². The lowest BCUT2D eigenvalue weighted by molar-refractivity contribution is 0.0344. The Morgan fingerprint density at radius 1 is 1.14 bits per heavy atom. The highest BCUT2D eigenvalue weighted by atomic mass is 35.5. The van der Waals surface area contributed by atoms with Crippen LogP contribution in [0.15, 0.2) is 65.6 Å². The maximum Gasteiger partial charge on any atom is 0.262 e. The second-order valence-electron chi connectivity index (χ2n) is 10.5. The van der Waals surface area contributed by atoms with E-state index in [9.17, 15) is 18.3 Å². The Morgan fingerprint density at radius 2 is 1.86 bits per heavy atom. The number of fused-ring (bicyclic) bond motifs is 1. The van der Waals surface area contributed by atoms with Crippen LogP contribution in [0.5, 0.6) is 11.5 Å². The highest BCUT2D eigenvalue weighted by Crippen LogP contribution is 2.36. The maximum atomic E-state index is 13.7. The largest absolute Gasteiger partial charge is 0.497 e. The molecule has 1 heterocycles. The minimum Gasteiger partial charge on any atom is -0.497 e. The summed E-state index contributed by atoms with van der Waals surface area (Å²) in [6.07, 6.45) is -0.440. The third kappa shape index (κ3) is 7.30. The molecule has 0 saturated carbocycles. The van der Waals surface area contributed by atoms with E-state index in [2.05, 4.69) is 9.62 Å². The Bertz CT molecular complexity index is 1520. The zero-order valence-electron chi connectivity index (χ0n) is 23.9. The van der Waals surface area contributed by atoms with E-state index in [0.717, 1.165) is 5.56 Å². The molecule has 0 aromatic heterocycles. The third-order valence-corrected chi connectivity index (χ3v) is 9.35. The summed E-state index contributed by atoms with van der Waals surface area (Å²) >= 11 is 12.3. The normalized spacial score (nSPS) is 18.1. The first kappa shape index (κ1) is 31.9. The second-order valence-corrected chi connectivity index (χ2v) is 13.0. The predicted molar refractivity (Wildman–Crippen MR) is 164 cm³/mol. The first-order valence-electron chi connectivity index (χ1n) is 13.4. The molecule has 9 nitrogen and oxygen atoms in total. The van der Waals surface area contributed by atoms with E-state index in [-0.39, 0.29) is 40.3 Å². The summed E-state index contributed by atoms with van der Waals surface area (Å²) in [6, 6.07) is 15.8. The number of benzene rings is 3. The average Bonchev–Trinajstić information content (AvgIpc) is 2.96. The van der Waals surface area contributed by atoms with Crippen molar-refractivity contribution in [1.29, 1.82) is 0 Å². The van der Waals surface area contributed by atoms with Gasteiger partial charge in [-0.2, -0.15) is 0 Å². The molecule has 0 unspecified atom stereocenters. The molecule has 3 atom stereocenters. The van der Waals surface area contributed by atoms with Crippen LogP contribution in [0.3, 0.4) is 0 Å². The molecule has 4 rings (SSSR count). The van der Waals surface area contributed by atoms with Crippen molar-refractivity contribution >= 4 is 44.8 Å². The van der Waals surface area contributed by atoms with Gasteiger partial charge in [-0.3, -0.25) is 14.4 Å². The molecule has 1 aliphatic rings. The molecule has 0 fully saturated rings. The summed E-state index contributed by atoms with van der Waals surface area (Å²) in [5.41, 5.74) is 1.30. The van der Waals surface area contributed by atoms with Crippen LogP contribution in [-0.2, 0) is 16.6 Å². The number of halogens is 2. The fourth-order valence-corrected chi connectivity index (χ4v) is 6.20. The van der Waals surface area contributed by atoms with E-state index in [1.807, 2.05) is 26.1 Å². The maximum absolute atomic E-state index is 13.7. The Morgan fingerprint density at radius 3 is 2.50 bits per heavy atom. The number of rotatable bonds is 10. The molecule has 226 valence electrons. The first-order valence-corrected chi connectivity index (χ1v) is 15.7. The molecular weight excluding hydrogens is 601 g/mol. The van der Waals surface area contributed by atoms with Crippen LogP contribution >= 0.6 is 23.2 Å². The van der Waals surface area contributed by atoms with E-state index in [1.165, 1.54) is 19.2 Å². The number of ether oxygens (including phenoxy) is 2. The number of nitrogens with one attached hydrogen (secondary N) is 1. The van der Waals surface area contributed by atoms with Gasteiger partial charge >= 0.3 is 0 Å². The van der Waals surface area contributed by atoms with Gasteiger partial charge < -0.3 is 19.5 Å². The Hall–Kier alpha value is -3.02. The molecule has 42 heavy (non-hydrogen) atoms. The summed E-state index contributed by atoms with van der Waals surface area (Å²) in [4.78, 5) is 17.4. The van der Waals surface area contributed by atoms with Crippen molar-refractivity contribution in [3.63, 3.8) is 0 Å². The monoisotopic (exact) mass is 635 g/mol. The topological polar surface area (TPSA) is 108 Å². The Kier molecular flexibility index (Phi) is 10.3. The number of amides is 1. The molecule has 0 saturated heterocycles. The molecule has 12 heteroatoms. The number of methoxy groups -OCH3 is 1. The number of anilines is 1. The molecule has 3 aromatic rings. The molecule has 0 radical (unpaired) electrons. The van der Waals surface area contributed by atoms with Crippen molar-refractivity contribution in [2.45, 2.75) is 37.4 Å². The number of carbonyl (C=O) groups excluding carboxylic acids is 1. The molecule has 0 aliphatic carbocycles. The van der Waals surface area contributed by atoms with Crippen LogP contribution in [0.1, 0.15) is 29.8 Å². The van der Waals surface area contributed by atoms with Crippen LogP contribution in [0.25, 0.3) is 0 Å². The van der Waals surface area contributed by atoms with Crippen LogP contribution in [0.4, 0.5) is 5.69 Å². The number of hydrogen-bond acceptors (Lipinski definition) is 7. The van der Waals surface area contributed by atoms with E-state index < -0.39 is 22.2 Å². The van der Waals surface area contributed by atoms with Crippen molar-refractivity contribution in [2.24, 2.45) is 5.92 Å². The minimum atomic E-state index is -4.03. The summed E-state index contributed by atoms with van der Waals surface area (Å²) in [7, 11) is -0.593. The van der Waals surface area contributed by atoms with Gasteiger partial charge in [0.1, 0.15) is 11.9 Å². The van der Waals surface area contributed by atoms with E-state index >= 15 is 0 Å². The molecule has 1 aliphatic heterocycles. The lowest BCUT2D eigenvalue weighted by Gasteiger charge is -2.38. The lowest BCUT2D eigenvalue weighted by Crippen LogP contribution is -2.49. The van der Waals surface area contributed by atoms with Gasteiger partial charge in [-0.05, 0) is 68.1 Å². The third-order valence-electron chi connectivity index (χ3n) is 7.23. The van der Waals surface area contributed by atoms with Gasteiger partial charge in [0.2, 0.25) is 0 Å². The standard InChI is InChI=1S/C30H35Cl2N3O6S/c1-19-15-35(20(2)18-36)30(37)24-6-5-7-27(33-42(38,39)23-11-9-22(40-4)10-12-23)29(24)41-28(19)17-34(3)16-21-8-13-25(31)26(32)14-21/h5-14,19-20,28,33,36H,15-18H2,1-4H3/t19-,20-,28-/m0/s1. The number of sulfonamides is 1. The number of para-hydroxylation sites is 1. The zero-order valence-corrected chi connectivity index (χ0v) is 26.2. The highest BCUT2D eigenvalue weighted by Gasteiger charge is 2.35. The van der Waals surface area contributed by atoms with Crippen LogP contribution in [0, 0.1) is 5.92 Å². The SMILES string of the molecule is COc1ccc(S(=O)(=O)Nc2cccc3c2O[C@@H](CN(C)Cc2ccc(Cl)c(Cl)c2)[C@@H](C)CN([C@@H](C)CO)C3=O)cc1. The number of hydrogen-bond donors (Lipinski definition) is 2. The molecule has 0 bridgehead atoms. The van der Waals surface area contributed by atoms with Gasteiger partial charge in [0.25, 0.3) is 15.9 Å². The fraction of sp³-hybridized carbons (Fsp3) is 0.367. The molecule has 2 N–H and O–H groups in total. The van der Waals surface area contributed by atoms with Crippen LogP contribution in [-0.4, -0.2) is 75.2 Å². The van der Waals surface area contributed by atoms with Gasteiger partial charge in [-0.15, -0.1) is 0 Å². The van der Waals surface area contributed by atoms with Gasteiger partial charge in [-0.1, -0.05) is 42.3 Å². The summed E-state index contributed by atoms with van der Waals surface area (Å²) < 4.78 is 41.0. The van der Waals surface area contributed by atoms with Crippen molar-refractivity contribution in [3.8, 4) is 11.5 Å². The number of likely N-dealkylation sites (N-methyl/N-ethyl adjacent to an activating group) is 1. The predicted octanol–water partition coefficient (Wildman–Crippen LogP) is 5.15. The van der Waals surface area contributed by atoms with Crippen LogP contribution in [0.2, 0.25) is 10.0 Å². The lowest BCUT2D eigenvalue weighted by atomic mass is 9.99. The minimum absolute atomic E-state index is 0.0277. The molecule has 0 spiro atoms. The van der Waals surface area contributed by atoms with Crippen molar-refractivity contribution < 1.29 is 27.8 Å². The first-order chi connectivity index (χ1) is 19.9. The number of nitrogens with zero attached hydrogens (tertiary/aromatic N) is 2. The Labute approximate surface area is 257 Å². The number of aliphatic hydroxyl groups is 1. The summed E-state index contributed by atoms with van der Waals surface area (Å²) in [5.74, 6) is 0.131. The van der Waals surface area contributed by atoms with Gasteiger partial charge in [-0.25, -0.2) is 8.42 Å².